The number of carbonyl (C=O) groups is 1. The average Bonchev–Trinajstić information content (AvgIpc) is 3.10. The molecule has 0 saturated carbocycles. The van der Waals surface area contributed by atoms with Crippen LogP contribution in [0.1, 0.15) is 25.0 Å². The zero-order valence-corrected chi connectivity index (χ0v) is 14.0. The van der Waals surface area contributed by atoms with Gasteiger partial charge in [0.1, 0.15) is 5.75 Å². The molecule has 0 spiro atoms. The van der Waals surface area contributed by atoms with Gasteiger partial charge in [-0.15, -0.1) is 0 Å². The van der Waals surface area contributed by atoms with Gasteiger partial charge in [0, 0.05) is 6.54 Å². The van der Waals surface area contributed by atoms with Crippen molar-refractivity contribution in [2.24, 2.45) is 0 Å². The minimum Gasteiger partial charge on any atom is -0.481 e. The van der Waals surface area contributed by atoms with E-state index in [1.807, 2.05) is 18.2 Å². The second kappa shape index (κ2) is 7.90. The number of nitrogens with one attached hydrogen (secondary N) is 1. The minimum absolute atomic E-state index is 0.199. The molecular weight excluding hydrogens is 322 g/mol. The van der Waals surface area contributed by atoms with E-state index in [2.05, 4.69) is 5.32 Å². The number of benzene rings is 2. The number of carbonyl (C=O) groups excluding carboxylic acids is 1. The fourth-order valence-electron chi connectivity index (χ4n) is 2.52. The van der Waals surface area contributed by atoms with Crippen LogP contribution >= 0.6 is 0 Å². The van der Waals surface area contributed by atoms with Crippen molar-refractivity contribution in [1.82, 2.24) is 5.32 Å². The van der Waals surface area contributed by atoms with Gasteiger partial charge >= 0.3 is 0 Å². The molecular formula is C19H21NO5. The van der Waals surface area contributed by atoms with Gasteiger partial charge < -0.3 is 24.6 Å². The summed E-state index contributed by atoms with van der Waals surface area (Å²) in [6.45, 7) is 2.23. The van der Waals surface area contributed by atoms with Crippen LogP contribution in [-0.2, 0) is 4.79 Å². The van der Waals surface area contributed by atoms with E-state index in [4.69, 9.17) is 14.2 Å². The molecule has 2 atom stereocenters. The Hall–Kier alpha value is -2.73. The fraction of sp³-hybridized carbons (Fsp3) is 0.316. The Labute approximate surface area is 146 Å². The van der Waals surface area contributed by atoms with Crippen molar-refractivity contribution in [3.8, 4) is 17.2 Å². The lowest BCUT2D eigenvalue weighted by Gasteiger charge is -2.16. The van der Waals surface area contributed by atoms with Gasteiger partial charge in [-0.25, -0.2) is 0 Å². The second-order valence-corrected chi connectivity index (χ2v) is 5.78. The van der Waals surface area contributed by atoms with Crippen LogP contribution in [-0.4, -0.2) is 30.5 Å². The Balaban J connectivity index is 1.44. The van der Waals surface area contributed by atoms with Crippen molar-refractivity contribution in [1.29, 1.82) is 0 Å². The third-order valence-corrected chi connectivity index (χ3v) is 3.92. The van der Waals surface area contributed by atoms with Crippen molar-refractivity contribution in [3.63, 3.8) is 0 Å². The summed E-state index contributed by atoms with van der Waals surface area (Å²) < 4.78 is 16.1. The van der Waals surface area contributed by atoms with E-state index >= 15 is 0 Å². The molecule has 0 unspecified atom stereocenters. The van der Waals surface area contributed by atoms with E-state index in [1.54, 1.807) is 37.3 Å². The molecule has 6 nitrogen and oxygen atoms in total. The van der Waals surface area contributed by atoms with Gasteiger partial charge in [0.25, 0.3) is 5.91 Å². The second-order valence-electron chi connectivity index (χ2n) is 5.78. The number of amides is 1. The highest BCUT2D eigenvalue weighted by molar-refractivity contribution is 5.80. The summed E-state index contributed by atoms with van der Waals surface area (Å²) in [6.07, 6.45) is -0.908. The number of rotatable bonds is 7. The van der Waals surface area contributed by atoms with Crippen molar-refractivity contribution >= 4 is 5.91 Å². The highest BCUT2D eigenvalue weighted by Gasteiger charge is 2.18. The smallest absolute Gasteiger partial charge is 0.260 e. The molecule has 0 bridgehead atoms. The van der Waals surface area contributed by atoms with Crippen LogP contribution in [0.15, 0.2) is 48.5 Å². The first-order chi connectivity index (χ1) is 12.1. The largest absolute Gasteiger partial charge is 0.481 e. The summed E-state index contributed by atoms with van der Waals surface area (Å²) in [6, 6.07) is 14.5. The number of hydrogen-bond donors (Lipinski definition) is 2. The van der Waals surface area contributed by atoms with E-state index < -0.39 is 12.2 Å². The molecule has 0 saturated heterocycles. The van der Waals surface area contributed by atoms with Crippen molar-refractivity contribution in [2.45, 2.75) is 25.6 Å². The van der Waals surface area contributed by atoms with Crippen LogP contribution in [0, 0.1) is 0 Å². The predicted molar refractivity (Wildman–Crippen MR) is 91.7 cm³/mol. The van der Waals surface area contributed by atoms with Crippen molar-refractivity contribution in [2.75, 3.05) is 13.3 Å². The maximum Gasteiger partial charge on any atom is 0.260 e. The summed E-state index contributed by atoms with van der Waals surface area (Å²) in [5.74, 6) is 1.73. The molecule has 1 amide bonds. The molecule has 6 heteroatoms. The zero-order chi connectivity index (χ0) is 17.6. The third kappa shape index (κ3) is 4.42. The zero-order valence-electron chi connectivity index (χ0n) is 14.0. The summed E-state index contributed by atoms with van der Waals surface area (Å²) in [5.41, 5.74) is 0.729. The number of ether oxygens (including phenoxy) is 3. The standard InChI is InChI=1S/C19H21NO5/c1-13(25-15-5-3-2-4-6-15)19(22)20-10-9-16(21)14-7-8-17-18(11-14)24-12-23-17/h2-8,11,13,16,21H,9-10,12H2,1H3,(H,20,22)/t13-,16-/m1/s1. The molecule has 1 heterocycles. The molecule has 1 aliphatic rings. The predicted octanol–water partition coefficient (Wildman–Crippen LogP) is 2.42. The highest BCUT2D eigenvalue weighted by atomic mass is 16.7. The van der Waals surface area contributed by atoms with Crippen molar-refractivity contribution < 1.29 is 24.1 Å². The number of hydrogen-bond acceptors (Lipinski definition) is 5. The Kier molecular flexibility index (Phi) is 5.40. The number of para-hydroxylation sites is 1. The first-order valence-corrected chi connectivity index (χ1v) is 8.20. The average molecular weight is 343 g/mol. The molecule has 0 aromatic heterocycles. The molecule has 2 aromatic rings. The lowest BCUT2D eigenvalue weighted by molar-refractivity contribution is -0.127. The summed E-state index contributed by atoms with van der Waals surface area (Å²) in [7, 11) is 0. The molecule has 25 heavy (non-hydrogen) atoms. The Morgan fingerprint density at radius 2 is 1.96 bits per heavy atom. The quantitative estimate of drug-likeness (QED) is 0.807. The summed E-state index contributed by atoms with van der Waals surface area (Å²) >= 11 is 0. The van der Waals surface area contributed by atoms with Gasteiger partial charge in [0.05, 0.1) is 6.10 Å². The van der Waals surface area contributed by atoms with Gasteiger partial charge in [-0.3, -0.25) is 4.79 Å². The molecule has 3 rings (SSSR count). The normalized spacial score (nSPS) is 14.6. The van der Waals surface area contributed by atoms with E-state index in [0.29, 0.717) is 30.2 Å². The van der Waals surface area contributed by atoms with Gasteiger partial charge in [-0.1, -0.05) is 24.3 Å². The minimum atomic E-state index is -0.694. The lowest BCUT2D eigenvalue weighted by atomic mass is 10.1. The molecule has 0 radical (unpaired) electrons. The molecule has 2 aromatic carbocycles. The fourth-order valence-corrected chi connectivity index (χ4v) is 2.52. The Bertz CT molecular complexity index is 719. The number of fused-ring (bicyclic) bond motifs is 1. The van der Waals surface area contributed by atoms with E-state index in [0.717, 1.165) is 5.56 Å². The van der Waals surface area contributed by atoms with Gasteiger partial charge in [-0.2, -0.15) is 0 Å². The van der Waals surface area contributed by atoms with Crippen LogP contribution in [0.4, 0.5) is 0 Å². The van der Waals surface area contributed by atoms with Crippen LogP contribution in [0.3, 0.4) is 0 Å². The number of aliphatic hydroxyl groups excluding tert-OH is 1. The first-order valence-electron chi connectivity index (χ1n) is 8.20. The van der Waals surface area contributed by atoms with E-state index in [1.165, 1.54) is 0 Å². The van der Waals surface area contributed by atoms with E-state index in [-0.39, 0.29) is 12.7 Å². The third-order valence-electron chi connectivity index (χ3n) is 3.92. The van der Waals surface area contributed by atoms with Gasteiger partial charge in [-0.05, 0) is 43.2 Å². The Morgan fingerprint density at radius 1 is 1.20 bits per heavy atom. The maximum absolute atomic E-state index is 12.1. The van der Waals surface area contributed by atoms with Gasteiger partial charge in [0.15, 0.2) is 17.6 Å². The topological polar surface area (TPSA) is 77.0 Å². The molecule has 2 N–H and O–H groups in total. The van der Waals surface area contributed by atoms with Crippen LogP contribution in [0.25, 0.3) is 0 Å². The SMILES string of the molecule is C[C@@H](Oc1ccccc1)C(=O)NCC[C@@H](O)c1ccc2c(c1)OCO2. The lowest BCUT2D eigenvalue weighted by Crippen LogP contribution is -2.37. The van der Waals surface area contributed by atoms with Crippen LogP contribution in [0.2, 0.25) is 0 Å². The highest BCUT2D eigenvalue weighted by Crippen LogP contribution is 2.34. The molecule has 132 valence electrons. The van der Waals surface area contributed by atoms with Crippen LogP contribution in [0.5, 0.6) is 17.2 Å². The Morgan fingerprint density at radius 3 is 2.76 bits per heavy atom. The summed E-state index contributed by atoms with van der Waals surface area (Å²) in [4.78, 5) is 12.1. The van der Waals surface area contributed by atoms with Gasteiger partial charge in [0.2, 0.25) is 6.79 Å². The molecule has 0 fully saturated rings. The number of aliphatic hydroxyl groups is 1. The molecule has 0 aliphatic carbocycles. The monoisotopic (exact) mass is 343 g/mol. The van der Waals surface area contributed by atoms with Crippen molar-refractivity contribution in [3.05, 3.63) is 54.1 Å². The van der Waals surface area contributed by atoms with E-state index in [9.17, 15) is 9.90 Å². The summed E-state index contributed by atoms with van der Waals surface area (Å²) in [5, 5.41) is 13.0. The molecule has 1 aliphatic heterocycles. The first kappa shape index (κ1) is 17.1. The van der Waals surface area contributed by atoms with Crippen LogP contribution < -0.4 is 19.5 Å². The maximum atomic E-state index is 12.1.